The third-order valence-electron chi connectivity index (χ3n) is 8.11. The van der Waals surface area contributed by atoms with Crippen molar-refractivity contribution in [2.45, 2.75) is 96.8 Å². The van der Waals surface area contributed by atoms with E-state index in [0.29, 0.717) is 35.8 Å². The lowest BCUT2D eigenvalue weighted by Gasteiger charge is -2.29. The first kappa shape index (κ1) is 33.0. The van der Waals surface area contributed by atoms with E-state index in [2.05, 4.69) is 26.6 Å². The lowest BCUT2D eigenvalue weighted by molar-refractivity contribution is -0.0507. The number of H-pyrrole nitrogens is 2. The highest BCUT2D eigenvalue weighted by atomic mass is 31.2. The van der Waals surface area contributed by atoms with Gasteiger partial charge < -0.3 is 23.3 Å². The highest BCUT2D eigenvalue weighted by molar-refractivity contribution is 7.71. The Labute approximate surface area is 258 Å². The van der Waals surface area contributed by atoms with Crippen LogP contribution in [-0.4, -0.2) is 78.5 Å². The third kappa shape index (κ3) is 6.76. The van der Waals surface area contributed by atoms with Gasteiger partial charge in [-0.3, -0.25) is 28.7 Å². The Morgan fingerprint density at radius 1 is 0.956 bits per heavy atom. The van der Waals surface area contributed by atoms with Crippen molar-refractivity contribution in [1.29, 1.82) is 0 Å². The molecule has 5 heterocycles. The molecule has 246 valence electrons. The van der Waals surface area contributed by atoms with Crippen LogP contribution in [0.25, 0.3) is 0 Å². The summed E-state index contributed by atoms with van der Waals surface area (Å²) in [6.45, 7) is 9.09. The molecule has 2 N–H and O–H groups in total. The zero-order chi connectivity index (χ0) is 32.6. The van der Waals surface area contributed by atoms with Gasteiger partial charge in [0.05, 0.1) is 31.1 Å². The average molecular weight is 650 g/mol. The number of aryl methyl sites for hydroxylation is 2. The molecule has 2 saturated heterocycles. The van der Waals surface area contributed by atoms with Crippen molar-refractivity contribution in [1.82, 2.24) is 34.1 Å². The topological polar surface area (TPSA) is 187 Å². The maximum atomic E-state index is 12.6. The van der Waals surface area contributed by atoms with E-state index in [0.717, 1.165) is 0 Å². The molecule has 16 nitrogen and oxygen atoms in total. The van der Waals surface area contributed by atoms with Crippen LogP contribution in [0.3, 0.4) is 0 Å². The quantitative estimate of drug-likeness (QED) is 0.281. The summed E-state index contributed by atoms with van der Waals surface area (Å²) >= 11 is 0. The minimum Gasteiger partial charge on any atom is -0.378 e. The summed E-state index contributed by atoms with van der Waals surface area (Å²) in [5.74, 6) is 0. The van der Waals surface area contributed by atoms with Crippen LogP contribution in [0.15, 0.2) is 37.8 Å². The van der Waals surface area contributed by atoms with E-state index < -0.39 is 66.7 Å². The molecule has 0 aliphatic carbocycles. The van der Waals surface area contributed by atoms with Gasteiger partial charge in [0.25, 0.3) is 11.1 Å². The zero-order valence-corrected chi connectivity index (χ0v) is 27.1. The zero-order valence-electron chi connectivity index (χ0n) is 26.2. The summed E-state index contributed by atoms with van der Waals surface area (Å²) in [6.07, 6.45) is 6.91. The fourth-order valence-corrected chi connectivity index (χ4v) is 7.27. The molecule has 0 radical (unpaired) electrons. The van der Waals surface area contributed by atoms with Crippen LogP contribution in [-0.2, 0) is 23.3 Å². The number of hydrogen-bond donors (Lipinski definition) is 2. The molecule has 0 amide bonds. The van der Waals surface area contributed by atoms with Crippen molar-refractivity contribution < 1.29 is 23.3 Å². The van der Waals surface area contributed by atoms with Crippen LogP contribution < -0.4 is 27.9 Å². The van der Waals surface area contributed by atoms with Gasteiger partial charge in [0.1, 0.15) is 18.6 Å². The fraction of sp³-hybridized carbons (Fsp3) is 0.607. The molecule has 2 fully saturated rings. The molecule has 0 saturated carbocycles. The molecule has 0 bridgehead atoms. The molecule has 3 aromatic heterocycles. The number of rotatable bonds is 11. The summed E-state index contributed by atoms with van der Waals surface area (Å²) in [5, 5.41) is 8.59. The van der Waals surface area contributed by atoms with Crippen molar-refractivity contribution in [2.75, 3.05) is 13.7 Å². The number of aromatic nitrogens is 7. The molecule has 2 aliphatic heterocycles. The minimum absolute atomic E-state index is 0.00964. The summed E-state index contributed by atoms with van der Waals surface area (Å²) < 4.78 is 35.6. The second kappa shape index (κ2) is 13.1. The Hall–Kier alpha value is -3.40. The van der Waals surface area contributed by atoms with Gasteiger partial charge in [0, 0.05) is 49.5 Å². The van der Waals surface area contributed by atoms with Crippen molar-refractivity contribution in [3.05, 3.63) is 71.4 Å². The normalized spacial score (nSPS) is 26.5. The molecule has 7 atom stereocenters. The monoisotopic (exact) mass is 649 g/mol. The van der Waals surface area contributed by atoms with E-state index >= 15 is 0 Å². The minimum atomic E-state index is -3.21. The van der Waals surface area contributed by atoms with Gasteiger partial charge in [0.2, 0.25) is 0 Å². The van der Waals surface area contributed by atoms with Crippen molar-refractivity contribution in [3.63, 3.8) is 0 Å². The number of nitrogens with one attached hydrogen (secondary N) is 2. The van der Waals surface area contributed by atoms with Crippen LogP contribution >= 0.6 is 7.34 Å². The smallest absolute Gasteiger partial charge is 0.330 e. The Bertz CT molecular complexity index is 1810. The largest absolute Gasteiger partial charge is 0.378 e. The summed E-state index contributed by atoms with van der Waals surface area (Å²) in [7, 11) is -1.67. The number of nitrogens with zero attached hydrogens (tertiary/aromatic N) is 5. The first-order valence-corrected chi connectivity index (χ1v) is 16.6. The lowest BCUT2D eigenvalue weighted by Crippen LogP contribution is -2.33. The Morgan fingerprint density at radius 2 is 1.51 bits per heavy atom. The van der Waals surface area contributed by atoms with Gasteiger partial charge in [0.15, 0.2) is 12.8 Å². The molecular weight excluding hydrogens is 609 g/mol. The number of aromatic amines is 2. The van der Waals surface area contributed by atoms with Gasteiger partial charge in [-0.25, -0.2) is 14.3 Å². The van der Waals surface area contributed by atoms with E-state index in [1.807, 2.05) is 20.8 Å². The Kier molecular flexibility index (Phi) is 9.63. The molecule has 0 aromatic carbocycles. The third-order valence-corrected chi connectivity index (χ3v) is 10.2. The number of ether oxygens (including phenoxy) is 3. The number of hydrogen-bond acceptors (Lipinski definition) is 11. The molecule has 17 heteroatoms. The van der Waals surface area contributed by atoms with Gasteiger partial charge >= 0.3 is 11.4 Å². The van der Waals surface area contributed by atoms with E-state index in [4.69, 9.17) is 23.3 Å². The number of methoxy groups -OCH3 is 1. The van der Waals surface area contributed by atoms with Gasteiger partial charge in [-0.1, -0.05) is 12.1 Å². The second-order valence-electron chi connectivity index (χ2n) is 11.6. The highest BCUT2D eigenvalue weighted by Gasteiger charge is 2.42. The van der Waals surface area contributed by atoms with E-state index in [1.165, 1.54) is 21.5 Å². The fourth-order valence-electron chi connectivity index (χ4n) is 5.45. The predicted octanol–water partition coefficient (Wildman–Crippen LogP) is 0.883. The maximum absolute atomic E-state index is 12.6. The van der Waals surface area contributed by atoms with Gasteiger partial charge in [-0.2, -0.15) is 0 Å². The van der Waals surface area contributed by atoms with Crippen molar-refractivity contribution in [2.24, 2.45) is 0 Å². The molecule has 3 unspecified atom stereocenters. The highest BCUT2D eigenvalue weighted by Crippen LogP contribution is 2.51. The molecular formula is C28H40N7O9P. The molecule has 45 heavy (non-hydrogen) atoms. The average Bonchev–Trinajstić information content (AvgIpc) is 3.74. The first-order chi connectivity index (χ1) is 21.3. The molecule has 3 aromatic rings. The lowest BCUT2D eigenvalue weighted by atomic mass is 10.1. The predicted molar refractivity (Wildman–Crippen MR) is 165 cm³/mol. The summed E-state index contributed by atoms with van der Waals surface area (Å²) in [5.41, 5.74) is -0.902. The van der Waals surface area contributed by atoms with E-state index in [9.17, 15) is 19.2 Å². The van der Waals surface area contributed by atoms with Gasteiger partial charge in [-0.15, -0.1) is 5.10 Å². The van der Waals surface area contributed by atoms with E-state index in [-0.39, 0.29) is 12.6 Å². The Morgan fingerprint density at radius 3 is 2.02 bits per heavy atom. The van der Waals surface area contributed by atoms with Gasteiger partial charge in [-0.05, 0) is 40.4 Å². The second-order valence-corrected chi connectivity index (χ2v) is 13.9. The molecule has 5 rings (SSSR count). The molecule has 0 spiro atoms. The maximum Gasteiger partial charge on any atom is 0.330 e. The standard InChI is InChI=1S/C28H40N7O9P/c1-8-18-20(10-24(42-18)34-12-17(5)26(37)30-28(34)39)44-45(7,22-13-35(15(2)3)32-31-22)41-14-21-19(40-6)9-23(43-21)33-11-16(4)25(36)29-27(33)38/h11-13,15,18-21,23-24H,7-10,14H2,1-6H3,(H,29,36,38)(H,30,37,39)/t18-,19?,20?,21-,23-,24-,45?/m1/s1. The van der Waals surface area contributed by atoms with E-state index in [1.54, 1.807) is 31.8 Å². The van der Waals surface area contributed by atoms with Crippen LogP contribution in [0, 0.1) is 13.8 Å². The summed E-state index contributed by atoms with van der Waals surface area (Å²) in [4.78, 5) is 53.6. The van der Waals surface area contributed by atoms with Crippen LogP contribution in [0.2, 0.25) is 0 Å². The molecule has 2 aliphatic rings. The SMILES string of the molecule is C=P(OC[C@H]1O[C@@H](n2cc(C)c(=O)[nH]c2=O)CC1OC)(OC1C[C@H](n2cc(C)c(=O)[nH]c2=O)O[C@@H]1CC)c1cn(C(C)C)nn1. The van der Waals surface area contributed by atoms with Crippen molar-refractivity contribution in [3.8, 4) is 0 Å². The van der Waals surface area contributed by atoms with Crippen LogP contribution in [0.1, 0.15) is 69.7 Å². The first-order valence-electron chi connectivity index (χ1n) is 14.8. The summed E-state index contributed by atoms with van der Waals surface area (Å²) in [6, 6.07) is 0.0218. The Balaban J connectivity index is 1.40. The van der Waals surface area contributed by atoms with Crippen LogP contribution in [0.5, 0.6) is 0 Å². The van der Waals surface area contributed by atoms with Crippen molar-refractivity contribution >= 4 is 19.1 Å². The van der Waals surface area contributed by atoms with Crippen LogP contribution in [0.4, 0.5) is 0 Å².